The van der Waals surface area contributed by atoms with E-state index in [0.717, 1.165) is 31.4 Å². The number of carbonyl (C=O) groups is 5. The Labute approximate surface area is 309 Å². The molecule has 0 aromatic heterocycles. The second-order valence-electron chi connectivity index (χ2n) is 15.3. The van der Waals surface area contributed by atoms with Crippen molar-refractivity contribution in [3.8, 4) is 0 Å². The number of aliphatic carboxylic acids is 1. The van der Waals surface area contributed by atoms with E-state index >= 15 is 0 Å². The fourth-order valence-electron chi connectivity index (χ4n) is 8.10. The minimum Gasteiger partial charge on any atom is -0.480 e. The fourth-order valence-corrected chi connectivity index (χ4v) is 8.10. The Morgan fingerprint density at radius 3 is 2.25 bits per heavy atom. The van der Waals surface area contributed by atoms with Crippen LogP contribution in [0.25, 0.3) is 0 Å². The van der Waals surface area contributed by atoms with Gasteiger partial charge in [-0.05, 0) is 63.6 Å². The lowest BCUT2D eigenvalue weighted by Gasteiger charge is -2.43. The molecule has 0 aliphatic carbocycles. The number of rotatable bonds is 19. The summed E-state index contributed by atoms with van der Waals surface area (Å²) in [5.41, 5.74) is -0.00449. The number of carbonyl (C=O) groups excluding carboxylic acids is 4. The summed E-state index contributed by atoms with van der Waals surface area (Å²) in [6, 6.07) is 6.59. The highest BCUT2D eigenvalue weighted by Gasteiger charge is 2.44. The Bertz CT molecular complexity index is 1350. The van der Waals surface area contributed by atoms with E-state index in [9.17, 15) is 29.1 Å². The van der Waals surface area contributed by atoms with Crippen molar-refractivity contribution >= 4 is 29.6 Å². The molecule has 4 amide bonds. The van der Waals surface area contributed by atoms with Crippen molar-refractivity contribution in [2.75, 3.05) is 34.4 Å². The molecule has 2 heterocycles. The van der Waals surface area contributed by atoms with Crippen LogP contribution in [0.4, 0.5) is 0 Å². The molecule has 2 saturated heterocycles. The van der Waals surface area contributed by atoms with E-state index in [1.54, 1.807) is 18.9 Å². The predicted molar refractivity (Wildman–Crippen MR) is 198 cm³/mol. The molecular formula is C39H63N5O8. The summed E-state index contributed by atoms with van der Waals surface area (Å²) in [4.78, 5) is 70.4. The van der Waals surface area contributed by atoms with Crippen molar-refractivity contribution < 1.29 is 38.6 Å². The first kappa shape index (κ1) is 43.0. The second-order valence-corrected chi connectivity index (χ2v) is 15.3. The quantitative estimate of drug-likeness (QED) is 0.166. The van der Waals surface area contributed by atoms with Gasteiger partial charge < -0.3 is 30.1 Å². The Hall–Kier alpha value is -3.39. The molecule has 1 aromatic carbocycles. The standard InChI is InChI=1S/C39H63N5O8/c1-10-25(4)33(43(7)32(24(2)3)36(47)42-38(50)39(6)19-15-20-40-39)30(51-8)23-31(45)44-21-14-18-29(44)34(52-9)26(5)35(46)41-28(37(48)49)22-27-16-12-11-13-17-27/h11-13,16-17,24-26,28-30,32-34,40H,10,14-15,18-23H2,1-9H3,(H,41,46)(H,48,49)(H,42,47,50)/t25-,26+,28-,29-,30+,32-,33-,34+,39-/m0/s1. The first-order valence-corrected chi connectivity index (χ1v) is 18.8. The van der Waals surface area contributed by atoms with Gasteiger partial charge in [0.05, 0.1) is 42.2 Å². The molecule has 292 valence electrons. The minimum atomic E-state index is -1.13. The first-order valence-electron chi connectivity index (χ1n) is 18.8. The lowest BCUT2D eigenvalue weighted by Crippen LogP contribution is -2.61. The van der Waals surface area contributed by atoms with Crippen LogP contribution in [0.2, 0.25) is 0 Å². The van der Waals surface area contributed by atoms with Crippen molar-refractivity contribution in [1.82, 2.24) is 25.8 Å². The van der Waals surface area contributed by atoms with Crippen molar-refractivity contribution in [3.05, 3.63) is 35.9 Å². The molecule has 3 rings (SSSR count). The number of hydrogen-bond donors (Lipinski definition) is 4. The lowest BCUT2D eigenvalue weighted by molar-refractivity contribution is -0.146. The van der Waals surface area contributed by atoms with Crippen LogP contribution < -0.4 is 16.0 Å². The number of benzene rings is 1. The van der Waals surface area contributed by atoms with Gasteiger partial charge in [0.2, 0.25) is 23.6 Å². The molecular weight excluding hydrogens is 666 g/mol. The molecule has 52 heavy (non-hydrogen) atoms. The normalized spacial score (nSPS) is 23.1. The third kappa shape index (κ3) is 10.6. The maximum atomic E-state index is 14.2. The highest BCUT2D eigenvalue weighted by Crippen LogP contribution is 2.30. The molecule has 2 aliphatic heterocycles. The Morgan fingerprint density at radius 2 is 1.71 bits per heavy atom. The topological polar surface area (TPSA) is 167 Å². The van der Waals surface area contributed by atoms with Crippen molar-refractivity contribution in [3.63, 3.8) is 0 Å². The Kier molecular flexibility index (Phi) is 16.2. The number of carboxylic acid groups (broad SMARTS) is 1. The minimum absolute atomic E-state index is 0.0319. The summed E-state index contributed by atoms with van der Waals surface area (Å²) in [5.74, 6) is -3.32. The van der Waals surface area contributed by atoms with Gasteiger partial charge in [0, 0.05) is 33.2 Å². The van der Waals surface area contributed by atoms with Crippen LogP contribution in [0.5, 0.6) is 0 Å². The number of hydrogen-bond acceptors (Lipinski definition) is 9. The number of nitrogens with one attached hydrogen (secondary N) is 3. The predicted octanol–water partition coefficient (Wildman–Crippen LogP) is 3.00. The highest BCUT2D eigenvalue weighted by atomic mass is 16.5. The molecule has 0 saturated carbocycles. The maximum absolute atomic E-state index is 14.2. The zero-order valence-corrected chi connectivity index (χ0v) is 32.6. The Morgan fingerprint density at radius 1 is 1.04 bits per heavy atom. The van der Waals surface area contributed by atoms with Crippen LogP contribution in [0.1, 0.15) is 85.6 Å². The first-order chi connectivity index (χ1) is 24.6. The zero-order chi connectivity index (χ0) is 38.7. The van der Waals surface area contributed by atoms with Crippen molar-refractivity contribution in [2.45, 2.75) is 128 Å². The van der Waals surface area contributed by atoms with Gasteiger partial charge in [-0.1, -0.05) is 71.4 Å². The number of imide groups is 1. The largest absolute Gasteiger partial charge is 0.480 e. The van der Waals surface area contributed by atoms with Crippen molar-refractivity contribution in [2.24, 2.45) is 17.8 Å². The number of methoxy groups -OCH3 is 2. The molecule has 0 radical (unpaired) electrons. The summed E-state index contributed by atoms with van der Waals surface area (Å²) in [7, 11) is 4.94. The molecule has 0 unspecified atom stereocenters. The molecule has 13 heteroatoms. The van der Waals surface area contributed by atoms with E-state index in [1.165, 1.54) is 7.11 Å². The van der Waals surface area contributed by atoms with Gasteiger partial charge in [0.25, 0.3) is 0 Å². The van der Waals surface area contributed by atoms with Crippen LogP contribution in [0.3, 0.4) is 0 Å². The molecule has 0 bridgehead atoms. The third-order valence-electron chi connectivity index (χ3n) is 11.3. The monoisotopic (exact) mass is 729 g/mol. The molecule has 0 spiro atoms. The van der Waals surface area contributed by atoms with Crippen LogP contribution in [-0.4, -0.2) is 121 Å². The van der Waals surface area contributed by atoms with Gasteiger partial charge in [0.15, 0.2) is 0 Å². The molecule has 1 aromatic rings. The van der Waals surface area contributed by atoms with E-state index in [4.69, 9.17) is 9.47 Å². The Balaban J connectivity index is 1.77. The van der Waals surface area contributed by atoms with Crippen LogP contribution in [0.15, 0.2) is 30.3 Å². The van der Waals surface area contributed by atoms with E-state index in [1.807, 2.05) is 63.1 Å². The number of nitrogens with zero attached hydrogens (tertiary/aromatic N) is 2. The second kappa shape index (κ2) is 19.6. The highest BCUT2D eigenvalue weighted by molar-refractivity contribution is 6.02. The number of carboxylic acids is 1. The van der Waals surface area contributed by atoms with E-state index in [0.29, 0.717) is 19.4 Å². The summed E-state index contributed by atoms with van der Waals surface area (Å²) in [5, 5.41) is 18.5. The summed E-state index contributed by atoms with van der Waals surface area (Å²) in [6.45, 7) is 12.7. The van der Waals surface area contributed by atoms with Gasteiger partial charge >= 0.3 is 5.97 Å². The molecule has 13 nitrogen and oxygen atoms in total. The van der Waals surface area contributed by atoms with Gasteiger partial charge in [-0.25, -0.2) is 4.79 Å². The van der Waals surface area contributed by atoms with E-state index in [2.05, 4.69) is 29.8 Å². The molecule has 9 atom stereocenters. The van der Waals surface area contributed by atoms with Gasteiger partial charge in [0.1, 0.15) is 6.04 Å². The number of likely N-dealkylation sites (N-methyl/N-ethyl adjacent to an activating group) is 1. The summed E-state index contributed by atoms with van der Waals surface area (Å²) in [6.07, 6.45) is 2.55. The van der Waals surface area contributed by atoms with Crippen LogP contribution >= 0.6 is 0 Å². The van der Waals surface area contributed by atoms with E-state index in [-0.39, 0.29) is 48.4 Å². The lowest BCUT2D eigenvalue weighted by atomic mass is 9.87. The SMILES string of the molecule is CC[C@H](C)[C@@H]([C@@H](CC(=O)N1CCC[C@H]1[C@H](OC)[C@@H](C)C(=O)N[C@@H](Cc1ccccc1)C(=O)O)OC)N(C)[C@H](C(=O)NC(=O)[C@]1(C)CCCN1)C(C)C. The summed E-state index contributed by atoms with van der Waals surface area (Å²) >= 11 is 0. The average Bonchev–Trinajstić information content (AvgIpc) is 3.78. The van der Waals surface area contributed by atoms with Crippen molar-refractivity contribution in [1.29, 1.82) is 0 Å². The fraction of sp³-hybridized carbons (Fsp3) is 0.718. The molecule has 2 aliphatic rings. The zero-order valence-electron chi connectivity index (χ0n) is 32.6. The van der Waals surface area contributed by atoms with Gasteiger partial charge in [-0.15, -0.1) is 0 Å². The number of ether oxygens (including phenoxy) is 2. The van der Waals surface area contributed by atoms with Crippen LogP contribution in [-0.2, 0) is 39.9 Å². The van der Waals surface area contributed by atoms with E-state index < -0.39 is 53.7 Å². The molecule has 2 fully saturated rings. The maximum Gasteiger partial charge on any atom is 0.326 e. The molecule has 4 N–H and O–H groups in total. The smallest absolute Gasteiger partial charge is 0.326 e. The van der Waals surface area contributed by atoms with Gasteiger partial charge in [-0.3, -0.25) is 29.4 Å². The average molecular weight is 730 g/mol. The summed E-state index contributed by atoms with van der Waals surface area (Å²) < 4.78 is 11.9. The third-order valence-corrected chi connectivity index (χ3v) is 11.3. The number of amides is 4. The van der Waals surface area contributed by atoms with Gasteiger partial charge in [-0.2, -0.15) is 0 Å². The van der Waals surface area contributed by atoms with Crippen LogP contribution in [0, 0.1) is 17.8 Å². The number of likely N-dealkylation sites (tertiary alicyclic amines) is 1.